The van der Waals surface area contributed by atoms with E-state index >= 15 is 0 Å². The van der Waals surface area contributed by atoms with Crippen molar-refractivity contribution in [3.63, 3.8) is 0 Å². The van der Waals surface area contributed by atoms with Crippen LogP contribution >= 0.6 is 11.3 Å². The van der Waals surface area contributed by atoms with Gasteiger partial charge in [0.1, 0.15) is 11.2 Å². The van der Waals surface area contributed by atoms with E-state index in [1.54, 1.807) is 34.6 Å². The first-order valence-electron chi connectivity index (χ1n) is 32.8. The molecule has 0 radical (unpaired) electrons. The van der Waals surface area contributed by atoms with Gasteiger partial charge in [-0.3, -0.25) is 0 Å². The van der Waals surface area contributed by atoms with E-state index in [2.05, 4.69) is 0 Å². The number of thiophene rings is 1. The van der Waals surface area contributed by atoms with E-state index in [1.807, 2.05) is 20.8 Å². The molecule has 8 aromatic carbocycles. The average molecular weight is 871 g/mol. The van der Waals surface area contributed by atoms with E-state index in [4.69, 9.17) is 15.4 Å². The first-order chi connectivity index (χ1) is 40.8. The summed E-state index contributed by atoms with van der Waals surface area (Å²) in [6.45, 7) is 13.5. The molecule has 0 aliphatic carbocycles. The summed E-state index contributed by atoms with van der Waals surface area (Å²) in [5, 5.41) is -1.82. The number of hydrogen-bond donors (Lipinski definition) is 0. The monoisotopic (exact) mass is 871 g/mol. The molecule has 0 unspecified atom stereocenters. The van der Waals surface area contributed by atoms with E-state index in [1.165, 1.54) is 11.8 Å². The van der Waals surface area contributed by atoms with Crippen molar-refractivity contribution >= 4 is 111 Å². The Morgan fingerprint density at radius 3 is 1.92 bits per heavy atom. The minimum absolute atomic E-state index is 0.00414. The molecule has 4 heterocycles. The molecule has 0 bridgehead atoms. The summed E-state index contributed by atoms with van der Waals surface area (Å²) in [6, 6.07) is -14.0. The summed E-state index contributed by atoms with van der Waals surface area (Å²) in [7, 11) is 0. The lowest BCUT2D eigenvalue weighted by Crippen LogP contribution is -2.61. The van der Waals surface area contributed by atoms with Gasteiger partial charge in [-0.1, -0.05) is 126 Å². The fourth-order valence-electron chi connectivity index (χ4n) is 8.74. The van der Waals surface area contributed by atoms with Crippen LogP contribution in [0.2, 0.25) is 0 Å². The first-order valence-corrected chi connectivity index (χ1v) is 21.6. The van der Waals surface area contributed by atoms with Crippen molar-refractivity contribution in [2.24, 2.45) is 0 Å². The van der Waals surface area contributed by atoms with Gasteiger partial charge in [-0.25, -0.2) is 0 Å². The molecule has 0 saturated heterocycles. The number of hydrogen-bond acceptors (Lipinski definition) is 4. The van der Waals surface area contributed by atoms with Crippen LogP contribution in [0.3, 0.4) is 0 Å². The Labute approximate surface area is 414 Å². The molecule has 2 aromatic heterocycles. The van der Waals surface area contributed by atoms with Crippen LogP contribution in [0, 0.1) is 20.8 Å². The summed E-state index contributed by atoms with van der Waals surface area (Å²) in [6.07, 6.45) is 0. The van der Waals surface area contributed by atoms with Gasteiger partial charge in [0.25, 0.3) is 6.71 Å². The summed E-state index contributed by atoms with van der Waals surface area (Å²) < 4.78 is 235. The van der Waals surface area contributed by atoms with Gasteiger partial charge in [0, 0.05) is 54.8 Å². The average Bonchev–Trinajstić information content (AvgIpc) is 0.954. The molecule has 5 heteroatoms. The van der Waals surface area contributed by atoms with Gasteiger partial charge < -0.3 is 14.2 Å². The third kappa shape index (κ3) is 5.93. The van der Waals surface area contributed by atoms with Crippen molar-refractivity contribution in [2.45, 2.75) is 73.1 Å². The fourth-order valence-corrected chi connectivity index (χ4v) is 9.67. The lowest BCUT2D eigenvalue weighted by atomic mass is 9.33. The quantitative estimate of drug-likeness (QED) is 0.165. The van der Waals surface area contributed by atoms with Gasteiger partial charge >= 0.3 is 0 Å². The van der Waals surface area contributed by atoms with Crippen LogP contribution in [0.1, 0.15) is 102 Å². The SMILES string of the molecule is [2H]c1c([2H])c(C(C)(C)C)c([2H])c([2H])c1N1c2c([2H])c(C)c([2H])c3c2B(c2c1c([2H])c1c([2H])c(-c4c([2H])c([2H])c5c([2H])c([2H])c([2H])c([2H])c5c4[2H])sc1c2[2H])c1c(c([2H])c2oc4c([2H])c([2H])c([2H])c([2H])c4c2c1[2H])N3c1c(C)c([2H])c(C(C)(C)C)c([2H])c1C. The Bertz CT molecular complexity index is 4940. The fraction of sp³-hybridized carbons (Fsp3) is 0.186. The van der Waals surface area contributed by atoms with Crippen LogP contribution < -0.4 is 26.2 Å². The number of para-hydroxylation sites is 1. The molecular formula is C59H51BN2OS. The predicted octanol–water partition coefficient (Wildman–Crippen LogP) is 15.2. The molecule has 0 spiro atoms. The maximum atomic E-state index is 10.7. The Hall–Kier alpha value is -6.56. The van der Waals surface area contributed by atoms with Gasteiger partial charge in [-0.15, -0.1) is 11.3 Å². The molecule has 0 atom stereocenters. The molecule has 2 aliphatic rings. The zero-order valence-corrected chi connectivity index (χ0v) is 37.1. The topological polar surface area (TPSA) is 19.6 Å². The Morgan fingerprint density at radius 1 is 0.531 bits per heavy atom. The molecule has 0 amide bonds. The van der Waals surface area contributed by atoms with E-state index in [9.17, 15) is 21.9 Å². The third-order valence-electron chi connectivity index (χ3n) is 11.8. The predicted molar refractivity (Wildman–Crippen MR) is 278 cm³/mol. The van der Waals surface area contributed by atoms with E-state index in [0.717, 1.165) is 4.90 Å². The van der Waals surface area contributed by atoms with E-state index in [0.29, 0.717) is 16.9 Å². The lowest BCUT2D eigenvalue weighted by molar-refractivity contribution is 0.589. The van der Waals surface area contributed by atoms with Crippen molar-refractivity contribution in [3.05, 3.63) is 173 Å². The Morgan fingerprint density at radius 2 is 1.19 bits per heavy atom. The minimum atomic E-state index is -1.72. The minimum Gasteiger partial charge on any atom is -0.456 e. The maximum Gasteiger partial charge on any atom is 0.252 e. The van der Waals surface area contributed by atoms with Gasteiger partial charge in [-0.05, 0) is 152 Å². The second kappa shape index (κ2) is 13.7. The number of benzene rings is 8. The van der Waals surface area contributed by atoms with E-state index in [-0.39, 0.29) is 99.2 Å². The smallest absolute Gasteiger partial charge is 0.252 e. The van der Waals surface area contributed by atoms with Crippen LogP contribution in [0.5, 0.6) is 0 Å². The summed E-state index contributed by atoms with van der Waals surface area (Å²) in [4.78, 5) is 2.23. The molecule has 64 heavy (non-hydrogen) atoms. The summed E-state index contributed by atoms with van der Waals surface area (Å²) in [5.74, 6) is 0. The van der Waals surface area contributed by atoms with Gasteiger partial charge in [0.15, 0.2) is 0 Å². The van der Waals surface area contributed by atoms with Crippen LogP contribution in [-0.4, -0.2) is 6.71 Å². The number of rotatable bonds is 3. The number of furan rings is 1. The second-order valence-corrected chi connectivity index (χ2v) is 19.4. The summed E-state index contributed by atoms with van der Waals surface area (Å²) >= 11 is 0.628. The zero-order valence-electron chi connectivity index (χ0n) is 60.3. The molecule has 12 rings (SSSR count). The van der Waals surface area contributed by atoms with Crippen LogP contribution in [0.4, 0.5) is 34.1 Å². The molecule has 3 nitrogen and oxygen atoms in total. The van der Waals surface area contributed by atoms with Gasteiger partial charge in [-0.2, -0.15) is 0 Å². The second-order valence-electron chi connectivity index (χ2n) is 18.3. The standard InChI is InChI=1S/C59H51BN2OS/c1-34-24-50-56-51(25-34)62(57-35(2)26-42(27-36(57)3)59(7,8)9)49-33-53-45(44-16-12-13-17-52(44)63-53)31-46(49)60(56)47-32-55-40(29-48(47)61(50)43-22-20-41(21-23-43)58(4,5)6)30-54(64-55)39-19-18-37-14-10-11-15-38(37)28-39/h10-33H,1-9H3/i10D,11D,12D,13D,14D,15D,16D,17D,18D,19D,20D,21D,22D,23D,24D,25D,26D,27D,28D,29D,30D,31D,32D,33D. The highest BCUT2D eigenvalue weighted by Gasteiger charge is 2.45. The molecule has 312 valence electrons. The highest BCUT2D eigenvalue weighted by Crippen LogP contribution is 2.49. The highest BCUT2D eigenvalue weighted by molar-refractivity contribution is 7.22. The van der Waals surface area contributed by atoms with Crippen LogP contribution in [0.25, 0.3) is 53.2 Å². The first kappa shape index (κ1) is 21.4. The third-order valence-corrected chi connectivity index (χ3v) is 12.8. The maximum absolute atomic E-state index is 10.7. The molecule has 10 aromatic rings. The molecule has 0 N–H and O–H groups in total. The highest BCUT2D eigenvalue weighted by atomic mass is 32.1. The lowest BCUT2D eigenvalue weighted by Gasteiger charge is -2.45. The van der Waals surface area contributed by atoms with Crippen molar-refractivity contribution in [2.75, 3.05) is 9.80 Å². The van der Waals surface area contributed by atoms with Crippen molar-refractivity contribution in [1.82, 2.24) is 0 Å². The molecular weight excluding hydrogens is 796 g/mol. The molecule has 2 aliphatic heterocycles. The molecule has 0 saturated carbocycles. The Balaban J connectivity index is 1.36. The van der Waals surface area contributed by atoms with Gasteiger partial charge in [0.2, 0.25) is 0 Å². The largest absolute Gasteiger partial charge is 0.456 e. The summed E-state index contributed by atoms with van der Waals surface area (Å²) in [5.41, 5.74) is -4.69. The number of nitrogens with zero attached hydrogens (tertiary/aromatic N) is 2. The van der Waals surface area contributed by atoms with Crippen molar-refractivity contribution in [3.8, 4) is 10.4 Å². The normalized spacial score (nSPS) is 18.9. The number of anilines is 6. The van der Waals surface area contributed by atoms with Crippen LogP contribution in [-0.2, 0) is 10.8 Å². The Kier molecular flexibility index (Phi) is 4.59. The molecule has 0 fully saturated rings. The van der Waals surface area contributed by atoms with Crippen molar-refractivity contribution in [1.29, 1.82) is 0 Å². The van der Waals surface area contributed by atoms with Crippen LogP contribution in [0.15, 0.2) is 149 Å². The van der Waals surface area contributed by atoms with E-state index < -0.39 is 189 Å². The zero-order chi connectivity index (χ0) is 64.9. The van der Waals surface area contributed by atoms with Crippen molar-refractivity contribution < 1.29 is 37.3 Å². The van der Waals surface area contributed by atoms with Gasteiger partial charge in [0.05, 0.1) is 38.6 Å². The number of fused-ring (bicyclic) bond motifs is 9.